The van der Waals surface area contributed by atoms with Gasteiger partial charge in [0, 0.05) is 30.5 Å². The van der Waals surface area contributed by atoms with Crippen molar-refractivity contribution in [1.29, 1.82) is 0 Å². The standard InChI is InChI=1S/C30H29N3O3/c34-29(32-20-18-26-11-7-8-19-31-26)21-24-14-16-27(17-15-24)33(22-25-9-3-1-4-10-25)30(35)23-36-28-12-5-2-6-13-28/h1-17,19H,18,20-23H2,(H,32,34). The second kappa shape index (κ2) is 12.9. The minimum atomic E-state index is -0.150. The molecule has 0 saturated heterocycles. The van der Waals surface area contributed by atoms with Gasteiger partial charge in [-0.3, -0.25) is 14.6 Å². The number of hydrogen-bond acceptors (Lipinski definition) is 4. The van der Waals surface area contributed by atoms with E-state index in [4.69, 9.17) is 4.74 Å². The molecule has 0 saturated carbocycles. The van der Waals surface area contributed by atoms with Gasteiger partial charge < -0.3 is 15.0 Å². The number of anilines is 1. The average molecular weight is 480 g/mol. The Hall–Kier alpha value is -4.45. The SMILES string of the molecule is O=C(Cc1ccc(N(Cc2ccccc2)C(=O)COc2ccccc2)cc1)NCCc1ccccn1. The van der Waals surface area contributed by atoms with E-state index in [9.17, 15) is 9.59 Å². The van der Waals surface area contributed by atoms with Crippen molar-refractivity contribution in [3.63, 3.8) is 0 Å². The van der Waals surface area contributed by atoms with E-state index in [0.29, 0.717) is 25.3 Å². The first-order chi connectivity index (χ1) is 17.7. The maximum absolute atomic E-state index is 13.2. The number of carbonyl (C=O) groups excluding carboxylic acids is 2. The molecular formula is C30H29N3O3. The van der Waals surface area contributed by atoms with Crippen LogP contribution in [-0.4, -0.2) is 29.9 Å². The third-order valence-electron chi connectivity index (χ3n) is 5.63. The molecule has 3 aromatic carbocycles. The van der Waals surface area contributed by atoms with E-state index in [0.717, 1.165) is 22.5 Å². The van der Waals surface area contributed by atoms with Crippen LogP contribution in [0.3, 0.4) is 0 Å². The molecule has 0 radical (unpaired) electrons. The Morgan fingerprint density at radius 1 is 0.778 bits per heavy atom. The van der Waals surface area contributed by atoms with Crippen molar-refractivity contribution in [2.75, 3.05) is 18.1 Å². The number of amides is 2. The Balaban J connectivity index is 1.37. The van der Waals surface area contributed by atoms with E-state index < -0.39 is 0 Å². The van der Waals surface area contributed by atoms with Crippen LogP contribution in [-0.2, 0) is 29.0 Å². The number of carbonyl (C=O) groups is 2. The fourth-order valence-corrected chi connectivity index (χ4v) is 3.75. The molecule has 4 aromatic rings. The topological polar surface area (TPSA) is 71.5 Å². The second-order valence-electron chi connectivity index (χ2n) is 8.33. The number of para-hydroxylation sites is 1. The van der Waals surface area contributed by atoms with E-state index in [2.05, 4.69) is 10.3 Å². The first-order valence-corrected chi connectivity index (χ1v) is 11.9. The normalized spacial score (nSPS) is 10.4. The molecule has 36 heavy (non-hydrogen) atoms. The molecule has 1 heterocycles. The van der Waals surface area contributed by atoms with Gasteiger partial charge in [-0.15, -0.1) is 0 Å². The van der Waals surface area contributed by atoms with E-state index >= 15 is 0 Å². The molecule has 2 amide bonds. The van der Waals surface area contributed by atoms with Gasteiger partial charge in [0.05, 0.1) is 13.0 Å². The molecule has 6 heteroatoms. The molecule has 0 bridgehead atoms. The summed E-state index contributed by atoms with van der Waals surface area (Å²) in [7, 11) is 0. The number of pyridine rings is 1. The Kier molecular flexibility index (Phi) is 8.81. The number of aromatic nitrogens is 1. The van der Waals surface area contributed by atoms with Crippen molar-refractivity contribution in [2.45, 2.75) is 19.4 Å². The van der Waals surface area contributed by atoms with Gasteiger partial charge in [0.15, 0.2) is 6.61 Å². The van der Waals surface area contributed by atoms with Gasteiger partial charge in [-0.1, -0.05) is 66.7 Å². The summed E-state index contributed by atoms with van der Waals surface area (Å²) in [5.41, 5.74) is 3.59. The third kappa shape index (κ3) is 7.53. The molecule has 0 aliphatic rings. The van der Waals surface area contributed by atoms with Gasteiger partial charge >= 0.3 is 0 Å². The average Bonchev–Trinajstić information content (AvgIpc) is 2.93. The van der Waals surface area contributed by atoms with Gasteiger partial charge in [-0.25, -0.2) is 0 Å². The number of ether oxygens (including phenoxy) is 1. The van der Waals surface area contributed by atoms with E-state index in [-0.39, 0.29) is 24.8 Å². The van der Waals surface area contributed by atoms with E-state index in [1.54, 1.807) is 11.1 Å². The zero-order valence-electron chi connectivity index (χ0n) is 20.0. The Labute approximate surface area is 211 Å². The molecule has 0 unspecified atom stereocenters. The van der Waals surface area contributed by atoms with Gasteiger partial charge in [0.2, 0.25) is 5.91 Å². The molecular weight excluding hydrogens is 450 g/mol. The first kappa shape index (κ1) is 24.7. The van der Waals surface area contributed by atoms with Gasteiger partial charge in [0.1, 0.15) is 5.75 Å². The van der Waals surface area contributed by atoms with Crippen LogP contribution in [0.2, 0.25) is 0 Å². The fraction of sp³-hybridized carbons (Fsp3) is 0.167. The highest BCUT2D eigenvalue weighted by Crippen LogP contribution is 2.20. The number of nitrogens with zero attached hydrogens (tertiary/aromatic N) is 2. The lowest BCUT2D eigenvalue weighted by atomic mass is 10.1. The van der Waals surface area contributed by atoms with Crippen LogP contribution in [0.1, 0.15) is 16.8 Å². The van der Waals surface area contributed by atoms with Crippen LogP contribution >= 0.6 is 0 Å². The molecule has 0 aliphatic heterocycles. The van der Waals surface area contributed by atoms with Gasteiger partial charge in [-0.2, -0.15) is 0 Å². The molecule has 0 fully saturated rings. The van der Waals surface area contributed by atoms with E-state index in [1.165, 1.54) is 0 Å². The van der Waals surface area contributed by atoms with Crippen molar-refractivity contribution in [2.24, 2.45) is 0 Å². The summed E-state index contributed by atoms with van der Waals surface area (Å²) in [6.45, 7) is 0.886. The van der Waals surface area contributed by atoms with Crippen molar-refractivity contribution >= 4 is 17.5 Å². The molecule has 4 rings (SSSR count). The summed E-state index contributed by atoms with van der Waals surface area (Å²) in [5.74, 6) is 0.449. The van der Waals surface area contributed by atoms with Crippen molar-refractivity contribution < 1.29 is 14.3 Å². The van der Waals surface area contributed by atoms with Crippen LogP contribution < -0.4 is 15.0 Å². The molecule has 0 atom stereocenters. The highest BCUT2D eigenvalue weighted by molar-refractivity contribution is 5.94. The first-order valence-electron chi connectivity index (χ1n) is 11.9. The lowest BCUT2D eigenvalue weighted by molar-refractivity contribution is -0.121. The molecule has 1 N–H and O–H groups in total. The quantitative estimate of drug-likeness (QED) is 0.341. The Morgan fingerprint density at radius 3 is 2.17 bits per heavy atom. The zero-order valence-corrected chi connectivity index (χ0v) is 20.0. The van der Waals surface area contributed by atoms with Crippen LogP contribution in [0.5, 0.6) is 5.75 Å². The van der Waals surface area contributed by atoms with Crippen molar-refractivity contribution in [3.8, 4) is 5.75 Å². The van der Waals surface area contributed by atoms with Crippen molar-refractivity contribution in [1.82, 2.24) is 10.3 Å². The highest BCUT2D eigenvalue weighted by Gasteiger charge is 2.17. The number of nitrogens with one attached hydrogen (secondary N) is 1. The van der Waals surface area contributed by atoms with Crippen LogP contribution in [0, 0.1) is 0 Å². The molecule has 0 spiro atoms. The van der Waals surface area contributed by atoms with Gasteiger partial charge in [-0.05, 0) is 47.5 Å². The van der Waals surface area contributed by atoms with Crippen LogP contribution in [0.15, 0.2) is 109 Å². The molecule has 182 valence electrons. The van der Waals surface area contributed by atoms with Crippen molar-refractivity contribution in [3.05, 3.63) is 126 Å². The lowest BCUT2D eigenvalue weighted by Crippen LogP contribution is -2.34. The summed E-state index contributed by atoms with van der Waals surface area (Å²) >= 11 is 0. The summed E-state index contributed by atoms with van der Waals surface area (Å²) in [6, 6.07) is 32.4. The number of benzene rings is 3. The summed E-state index contributed by atoms with van der Waals surface area (Å²) in [4.78, 5) is 31.5. The second-order valence-corrected chi connectivity index (χ2v) is 8.33. The summed E-state index contributed by atoms with van der Waals surface area (Å²) in [6.07, 6.45) is 2.71. The number of hydrogen-bond donors (Lipinski definition) is 1. The maximum Gasteiger partial charge on any atom is 0.265 e. The summed E-state index contributed by atoms with van der Waals surface area (Å²) in [5, 5.41) is 2.94. The minimum Gasteiger partial charge on any atom is -0.484 e. The monoisotopic (exact) mass is 479 g/mol. The predicted octanol–water partition coefficient (Wildman–Crippen LogP) is 4.60. The third-order valence-corrected chi connectivity index (χ3v) is 5.63. The summed E-state index contributed by atoms with van der Waals surface area (Å²) < 4.78 is 5.71. The highest BCUT2D eigenvalue weighted by atomic mass is 16.5. The lowest BCUT2D eigenvalue weighted by Gasteiger charge is -2.23. The smallest absolute Gasteiger partial charge is 0.265 e. The Morgan fingerprint density at radius 2 is 1.47 bits per heavy atom. The Bertz CT molecular complexity index is 1230. The fourth-order valence-electron chi connectivity index (χ4n) is 3.75. The molecule has 6 nitrogen and oxygen atoms in total. The van der Waals surface area contributed by atoms with E-state index in [1.807, 2.05) is 103 Å². The van der Waals surface area contributed by atoms with Crippen LogP contribution in [0.25, 0.3) is 0 Å². The van der Waals surface area contributed by atoms with Gasteiger partial charge in [0.25, 0.3) is 5.91 Å². The van der Waals surface area contributed by atoms with Crippen LogP contribution in [0.4, 0.5) is 5.69 Å². The maximum atomic E-state index is 13.2. The predicted molar refractivity (Wildman–Crippen MR) is 141 cm³/mol. The minimum absolute atomic E-state index is 0.0489. The number of rotatable bonds is 11. The molecule has 0 aliphatic carbocycles. The molecule has 1 aromatic heterocycles. The largest absolute Gasteiger partial charge is 0.484 e. The zero-order chi connectivity index (χ0) is 25.0.